The molecule has 1 aromatic carbocycles. The van der Waals surface area contributed by atoms with E-state index in [4.69, 9.17) is 0 Å². The molecule has 2 heterocycles. The number of aryl methyl sites for hydroxylation is 1. The third kappa shape index (κ3) is 4.55. The van der Waals surface area contributed by atoms with E-state index in [0.29, 0.717) is 24.6 Å². The molecule has 0 unspecified atom stereocenters. The van der Waals surface area contributed by atoms with Crippen molar-refractivity contribution in [3.8, 4) is 0 Å². The first kappa shape index (κ1) is 19.5. The Morgan fingerprint density at radius 3 is 2.54 bits per heavy atom. The lowest BCUT2D eigenvalue weighted by Crippen LogP contribution is -2.29. The number of nitrogens with one attached hydrogen (secondary N) is 1. The summed E-state index contributed by atoms with van der Waals surface area (Å²) in [5, 5.41) is 2.86. The van der Waals surface area contributed by atoms with Crippen LogP contribution in [0.1, 0.15) is 41.2 Å². The lowest BCUT2D eigenvalue weighted by molar-refractivity contribution is 0.102. The Balaban J connectivity index is 2.08. The van der Waals surface area contributed by atoms with Gasteiger partial charge in [-0.2, -0.15) is 0 Å². The summed E-state index contributed by atoms with van der Waals surface area (Å²) < 4.78 is 2.05. The highest BCUT2D eigenvalue weighted by Gasteiger charge is 2.21. The lowest BCUT2D eigenvalue weighted by atomic mass is 10.0. The zero-order valence-electron chi connectivity index (χ0n) is 16.5. The van der Waals surface area contributed by atoms with Crippen molar-refractivity contribution in [3.63, 3.8) is 0 Å². The number of anilines is 1. The molecule has 0 aliphatic rings. The molecule has 0 saturated heterocycles. The van der Waals surface area contributed by atoms with Gasteiger partial charge in [-0.3, -0.25) is 14.6 Å². The molecule has 0 saturated carbocycles. The third-order valence-electron chi connectivity index (χ3n) is 4.55. The molecule has 144 valence electrons. The highest BCUT2D eigenvalue weighted by molar-refractivity contribution is 6.05. The number of rotatable bonds is 6. The van der Waals surface area contributed by atoms with Crippen LogP contribution in [0, 0.1) is 12.8 Å². The smallest absolute Gasteiger partial charge is 0.261 e. The minimum absolute atomic E-state index is 0.215. The Bertz CT molecular complexity index is 1010. The van der Waals surface area contributed by atoms with Crippen LogP contribution >= 0.6 is 0 Å². The monoisotopic (exact) mass is 375 g/mol. The molecule has 5 nitrogen and oxygen atoms in total. The average molecular weight is 375 g/mol. The van der Waals surface area contributed by atoms with E-state index in [9.17, 15) is 9.59 Å². The largest absolute Gasteiger partial charge is 0.343 e. The fourth-order valence-corrected chi connectivity index (χ4v) is 3.28. The molecule has 28 heavy (non-hydrogen) atoms. The van der Waals surface area contributed by atoms with Gasteiger partial charge in [-0.1, -0.05) is 38.1 Å². The van der Waals surface area contributed by atoms with E-state index >= 15 is 0 Å². The van der Waals surface area contributed by atoms with Crippen molar-refractivity contribution in [2.24, 2.45) is 5.92 Å². The molecule has 2 aromatic heterocycles. The SMILES string of the molecule is Cc1cc(=O)c(C(=O)Nc2ccccc2)c(CC(C)C)n1Cc1cccnc1. The van der Waals surface area contributed by atoms with Gasteiger partial charge in [-0.15, -0.1) is 0 Å². The molecule has 0 bridgehead atoms. The fraction of sp³-hybridized carbons (Fsp3) is 0.261. The van der Waals surface area contributed by atoms with E-state index < -0.39 is 0 Å². The summed E-state index contributed by atoms with van der Waals surface area (Å²) in [6.07, 6.45) is 4.17. The van der Waals surface area contributed by atoms with E-state index in [1.54, 1.807) is 18.5 Å². The summed E-state index contributed by atoms with van der Waals surface area (Å²) in [7, 11) is 0. The first-order valence-corrected chi connectivity index (χ1v) is 9.44. The molecule has 0 fully saturated rings. The summed E-state index contributed by atoms with van der Waals surface area (Å²) in [5.74, 6) is -0.0728. The van der Waals surface area contributed by atoms with Gasteiger partial charge in [0.15, 0.2) is 5.43 Å². The van der Waals surface area contributed by atoms with Crippen molar-refractivity contribution in [2.45, 2.75) is 33.7 Å². The summed E-state index contributed by atoms with van der Waals surface area (Å²) in [6.45, 7) is 6.63. The standard InChI is InChI=1S/C23H25N3O2/c1-16(2)12-20-22(23(28)25-19-9-5-4-6-10-19)21(27)13-17(3)26(20)15-18-8-7-11-24-14-18/h4-11,13-14,16H,12,15H2,1-3H3,(H,25,28). The molecule has 1 N–H and O–H groups in total. The quantitative estimate of drug-likeness (QED) is 0.707. The van der Waals surface area contributed by atoms with Gasteiger partial charge in [-0.25, -0.2) is 0 Å². The van der Waals surface area contributed by atoms with Crippen LogP contribution in [0.4, 0.5) is 5.69 Å². The number of carbonyl (C=O) groups is 1. The van der Waals surface area contributed by atoms with Gasteiger partial charge in [0.1, 0.15) is 5.56 Å². The van der Waals surface area contributed by atoms with E-state index in [-0.39, 0.29) is 16.9 Å². The van der Waals surface area contributed by atoms with Crippen molar-refractivity contribution < 1.29 is 4.79 Å². The number of benzene rings is 1. The van der Waals surface area contributed by atoms with Crippen LogP contribution in [0.25, 0.3) is 0 Å². The summed E-state index contributed by atoms with van der Waals surface area (Å²) in [6, 6.07) is 14.6. The number of hydrogen-bond acceptors (Lipinski definition) is 3. The first-order chi connectivity index (χ1) is 13.5. The molecule has 0 atom stereocenters. The Morgan fingerprint density at radius 2 is 1.89 bits per heavy atom. The van der Waals surface area contributed by atoms with Gasteiger partial charge in [0.25, 0.3) is 5.91 Å². The molecule has 3 rings (SSSR count). The Hall–Kier alpha value is -3.21. The Kier molecular flexibility index (Phi) is 6.04. The fourth-order valence-electron chi connectivity index (χ4n) is 3.28. The minimum Gasteiger partial charge on any atom is -0.343 e. The molecule has 0 aliphatic heterocycles. The third-order valence-corrected chi connectivity index (χ3v) is 4.55. The van der Waals surface area contributed by atoms with Gasteiger partial charge in [0.2, 0.25) is 0 Å². The lowest BCUT2D eigenvalue weighted by Gasteiger charge is -2.21. The molecular formula is C23H25N3O2. The van der Waals surface area contributed by atoms with Crippen molar-refractivity contribution in [1.82, 2.24) is 9.55 Å². The van der Waals surface area contributed by atoms with Gasteiger partial charge in [0.05, 0.1) is 0 Å². The van der Waals surface area contributed by atoms with E-state index in [0.717, 1.165) is 17.0 Å². The molecule has 0 radical (unpaired) electrons. The molecular weight excluding hydrogens is 350 g/mol. The van der Waals surface area contributed by atoms with Crippen LogP contribution in [0.2, 0.25) is 0 Å². The number of hydrogen-bond donors (Lipinski definition) is 1. The zero-order chi connectivity index (χ0) is 20.1. The summed E-state index contributed by atoms with van der Waals surface area (Å²) in [5.41, 5.74) is 3.25. The van der Waals surface area contributed by atoms with Crippen LogP contribution < -0.4 is 10.7 Å². The van der Waals surface area contributed by atoms with Crippen molar-refractivity contribution in [1.29, 1.82) is 0 Å². The van der Waals surface area contributed by atoms with Gasteiger partial charge in [-0.05, 0) is 43.0 Å². The van der Waals surface area contributed by atoms with Crippen molar-refractivity contribution >= 4 is 11.6 Å². The van der Waals surface area contributed by atoms with Gasteiger partial charge in [0, 0.05) is 42.1 Å². The molecule has 5 heteroatoms. The van der Waals surface area contributed by atoms with Crippen molar-refractivity contribution in [3.05, 3.63) is 93.7 Å². The van der Waals surface area contributed by atoms with Crippen LogP contribution in [-0.2, 0) is 13.0 Å². The van der Waals surface area contributed by atoms with E-state index in [2.05, 4.69) is 28.7 Å². The predicted octanol–water partition coefficient (Wildman–Crippen LogP) is 4.05. The minimum atomic E-state index is -0.369. The maximum atomic E-state index is 13.0. The molecule has 3 aromatic rings. The summed E-state index contributed by atoms with van der Waals surface area (Å²) in [4.78, 5) is 30.0. The van der Waals surface area contributed by atoms with E-state index in [1.165, 1.54) is 0 Å². The second-order valence-corrected chi connectivity index (χ2v) is 7.34. The zero-order valence-corrected chi connectivity index (χ0v) is 16.5. The van der Waals surface area contributed by atoms with Gasteiger partial charge >= 0.3 is 0 Å². The van der Waals surface area contributed by atoms with Crippen molar-refractivity contribution in [2.75, 3.05) is 5.32 Å². The number of nitrogens with zero attached hydrogens (tertiary/aromatic N) is 2. The number of carbonyl (C=O) groups excluding carboxylic acids is 1. The highest BCUT2D eigenvalue weighted by Crippen LogP contribution is 2.18. The number of para-hydroxylation sites is 1. The van der Waals surface area contributed by atoms with Crippen LogP contribution in [0.3, 0.4) is 0 Å². The second-order valence-electron chi connectivity index (χ2n) is 7.34. The second kappa shape index (κ2) is 8.65. The predicted molar refractivity (Wildman–Crippen MR) is 112 cm³/mol. The number of pyridine rings is 2. The highest BCUT2D eigenvalue weighted by atomic mass is 16.2. The normalized spacial score (nSPS) is 10.9. The Labute approximate surface area is 165 Å². The molecule has 0 spiro atoms. The maximum Gasteiger partial charge on any atom is 0.261 e. The van der Waals surface area contributed by atoms with Crippen LogP contribution in [-0.4, -0.2) is 15.5 Å². The topological polar surface area (TPSA) is 64.0 Å². The number of aromatic nitrogens is 2. The van der Waals surface area contributed by atoms with Crippen LogP contribution in [0.15, 0.2) is 65.7 Å². The van der Waals surface area contributed by atoms with Gasteiger partial charge < -0.3 is 9.88 Å². The molecule has 0 aliphatic carbocycles. The van der Waals surface area contributed by atoms with Crippen LogP contribution in [0.5, 0.6) is 0 Å². The average Bonchev–Trinajstić information content (AvgIpc) is 2.66. The summed E-state index contributed by atoms with van der Waals surface area (Å²) >= 11 is 0. The number of amides is 1. The first-order valence-electron chi connectivity index (χ1n) is 9.44. The molecule has 1 amide bonds. The Morgan fingerprint density at radius 1 is 1.14 bits per heavy atom. The van der Waals surface area contributed by atoms with E-state index in [1.807, 2.05) is 49.4 Å². The maximum absolute atomic E-state index is 13.0.